The number of amides is 1. The smallest absolute Gasteiger partial charge is 0.225 e. The van der Waals surface area contributed by atoms with Gasteiger partial charge in [-0.2, -0.15) is 0 Å². The minimum Gasteiger partial charge on any atom is -0.350 e. The fraction of sp³-hybridized carbons (Fsp3) is 0.526. The van der Waals surface area contributed by atoms with Crippen LogP contribution in [-0.2, 0) is 11.3 Å². The van der Waals surface area contributed by atoms with Crippen molar-refractivity contribution < 1.29 is 4.79 Å². The normalized spacial score (nSPS) is 16.7. The largest absolute Gasteiger partial charge is 0.350 e. The number of fused-ring (bicyclic) bond motifs is 1. The molecule has 1 amide bonds. The summed E-state index contributed by atoms with van der Waals surface area (Å²) < 4.78 is 2.44. The summed E-state index contributed by atoms with van der Waals surface area (Å²) >= 11 is 0. The maximum absolute atomic E-state index is 12.2. The molecule has 0 aliphatic carbocycles. The number of nitrogens with one attached hydrogen (secondary N) is 2. The maximum Gasteiger partial charge on any atom is 0.225 e. The van der Waals surface area contributed by atoms with Crippen molar-refractivity contribution in [2.24, 2.45) is 5.41 Å². The molecule has 0 atom stereocenters. The van der Waals surface area contributed by atoms with E-state index < -0.39 is 0 Å². The molecular weight excluding hydrogens is 286 g/mol. The predicted molar refractivity (Wildman–Crippen MR) is 94.4 cm³/mol. The minimum atomic E-state index is -0.356. The lowest BCUT2D eigenvalue weighted by molar-refractivity contribution is -0.128. The van der Waals surface area contributed by atoms with Crippen LogP contribution in [0.2, 0.25) is 0 Å². The molecule has 0 spiro atoms. The number of benzene rings is 1. The summed E-state index contributed by atoms with van der Waals surface area (Å²) in [5.41, 5.74) is 2.13. The van der Waals surface area contributed by atoms with Gasteiger partial charge in [0, 0.05) is 22.7 Å². The first-order chi connectivity index (χ1) is 11.0. The summed E-state index contributed by atoms with van der Waals surface area (Å²) in [7, 11) is 0. The average Bonchev–Trinajstić information content (AvgIpc) is 2.90. The Hall–Kier alpha value is -1.81. The van der Waals surface area contributed by atoms with Crippen molar-refractivity contribution in [2.45, 2.75) is 46.2 Å². The number of piperidine rings is 1. The number of hydrogen-bond acceptors (Lipinski definition) is 2. The van der Waals surface area contributed by atoms with E-state index >= 15 is 0 Å². The third kappa shape index (κ3) is 3.42. The van der Waals surface area contributed by atoms with Gasteiger partial charge in [0.1, 0.15) is 0 Å². The van der Waals surface area contributed by atoms with E-state index in [1.54, 1.807) is 0 Å². The lowest BCUT2D eigenvalue weighted by Gasteiger charge is -2.27. The molecule has 2 heterocycles. The molecule has 1 aliphatic heterocycles. The highest BCUT2D eigenvalue weighted by Crippen LogP contribution is 2.29. The number of para-hydroxylation sites is 1. The van der Waals surface area contributed by atoms with Crippen LogP contribution in [-0.4, -0.2) is 23.6 Å². The second-order valence-corrected chi connectivity index (χ2v) is 7.48. The van der Waals surface area contributed by atoms with Crippen molar-refractivity contribution in [3.05, 3.63) is 36.0 Å². The van der Waals surface area contributed by atoms with E-state index in [0.717, 1.165) is 25.9 Å². The molecule has 4 heteroatoms. The highest BCUT2D eigenvalue weighted by molar-refractivity contribution is 5.83. The molecule has 0 unspecified atom stereocenters. The van der Waals surface area contributed by atoms with Crippen molar-refractivity contribution in [1.29, 1.82) is 0 Å². The van der Waals surface area contributed by atoms with Gasteiger partial charge in [-0.15, -0.1) is 0 Å². The van der Waals surface area contributed by atoms with Gasteiger partial charge in [-0.1, -0.05) is 39.0 Å². The summed E-state index contributed by atoms with van der Waals surface area (Å²) in [6.45, 7) is 8.56. The van der Waals surface area contributed by atoms with E-state index in [1.165, 1.54) is 16.6 Å². The van der Waals surface area contributed by atoms with Gasteiger partial charge in [0.25, 0.3) is 0 Å². The second kappa shape index (κ2) is 6.36. The second-order valence-electron chi connectivity index (χ2n) is 7.48. The van der Waals surface area contributed by atoms with Crippen molar-refractivity contribution in [1.82, 2.24) is 15.2 Å². The Bertz CT molecular complexity index is 690. The zero-order valence-corrected chi connectivity index (χ0v) is 14.4. The molecule has 2 aromatic rings. The zero-order chi connectivity index (χ0) is 16.4. The predicted octanol–water partition coefficient (Wildman–Crippen LogP) is 3.23. The highest BCUT2D eigenvalue weighted by atomic mass is 16.2. The van der Waals surface area contributed by atoms with E-state index in [9.17, 15) is 4.79 Å². The maximum atomic E-state index is 12.2. The van der Waals surface area contributed by atoms with Gasteiger partial charge in [0.2, 0.25) is 5.91 Å². The molecule has 4 nitrogen and oxygen atoms in total. The molecule has 3 rings (SSSR count). The minimum absolute atomic E-state index is 0.0969. The van der Waals surface area contributed by atoms with Gasteiger partial charge in [-0.3, -0.25) is 4.79 Å². The quantitative estimate of drug-likeness (QED) is 0.914. The number of carbonyl (C=O) groups is 1. The lowest BCUT2D eigenvalue weighted by atomic mass is 9.96. The van der Waals surface area contributed by atoms with E-state index in [4.69, 9.17) is 0 Å². The molecule has 23 heavy (non-hydrogen) atoms. The zero-order valence-electron chi connectivity index (χ0n) is 14.4. The molecular formula is C19H27N3O. The number of nitrogens with zero attached hydrogens (tertiary/aromatic N) is 1. The topological polar surface area (TPSA) is 46.1 Å². The first kappa shape index (κ1) is 16.1. The Labute approximate surface area is 138 Å². The van der Waals surface area contributed by atoms with Gasteiger partial charge in [0.15, 0.2) is 0 Å². The molecule has 124 valence electrons. The molecule has 1 aromatic carbocycles. The van der Waals surface area contributed by atoms with Crippen LogP contribution in [0.5, 0.6) is 0 Å². The standard InChI is InChI=1S/C19H27N3O/c1-19(2,3)18(23)21-13-16-12-14-6-4-5-7-17(14)22(16)15-8-10-20-11-9-15/h4-7,12,15,20H,8-11,13H2,1-3H3,(H,21,23). The summed E-state index contributed by atoms with van der Waals surface area (Å²) in [6.07, 6.45) is 2.28. The van der Waals surface area contributed by atoms with E-state index in [1.807, 2.05) is 20.8 Å². The van der Waals surface area contributed by atoms with Gasteiger partial charge in [-0.25, -0.2) is 0 Å². The Morgan fingerprint density at radius 1 is 1.26 bits per heavy atom. The van der Waals surface area contributed by atoms with E-state index in [2.05, 4.69) is 45.5 Å². The van der Waals surface area contributed by atoms with Gasteiger partial charge in [-0.05, 0) is 43.5 Å². The van der Waals surface area contributed by atoms with Crippen LogP contribution >= 0.6 is 0 Å². The van der Waals surface area contributed by atoms with Crippen LogP contribution in [0.25, 0.3) is 10.9 Å². The van der Waals surface area contributed by atoms with Crippen molar-refractivity contribution in [3.8, 4) is 0 Å². The molecule has 1 aromatic heterocycles. The Balaban J connectivity index is 1.90. The third-order valence-electron chi connectivity index (χ3n) is 4.61. The van der Waals surface area contributed by atoms with Crippen LogP contribution < -0.4 is 10.6 Å². The number of hydrogen-bond donors (Lipinski definition) is 2. The third-order valence-corrected chi connectivity index (χ3v) is 4.61. The van der Waals surface area contributed by atoms with Gasteiger partial charge in [0.05, 0.1) is 6.54 Å². The molecule has 1 saturated heterocycles. The summed E-state index contributed by atoms with van der Waals surface area (Å²) in [4.78, 5) is 12.2. The van der Waals surface area contributed by atoms with Crippen LogP contribution in [0.1, 0.15) is 45.3 Å². The van der Waals surface area contributed by atoms with E-state index in [-0.39, 0.29) is 11.3 Å². The number of carbonyl (C=O) groups excluding carboxylic acids is 1. The molecule has 0 bridgehead atoms. The molecule has 0 saturated carbocycles. The van der Waals surface area contributed by atoms with Crippen molar-refractivity contribution >= 4 is 16.8 Å². The Morgan fingerprint density at radius 3 is 2.65 bits per heavy atom. The fourth-order valence-electron chi connectivity index (χ4n) is 3.30. The fourth-order valence-corrected chi connectivity index (χ4v) is 3.30. The van der Waals surface area contributed by atoms with Crippen LogP contribution in [0, 0.1) is 5.41 Å². The van der Waals surface area contributed by atoms with Gasteiger partial charge >= 0.3 is 0 Å². The summed E-state index contributed by atoms with van der Waals surface area (Å²) in [6, 6.07) is 11.2. The SMILES string of the molecule is CC(C)(C)C(=O)NCc1cc2ccccc2n1C1CCNCC1. The molecule has 1 fully saturated rings. The first-order valence-electron chi connectivity index (χ1n) is 8.54. The molecule has 0 radical (unpaired) electrons. The number of rotatable bonds is 3. The Kier molecular flexibility index (Phi) is 4.44. The van der Waals surface area contributed by atoms with Crippen LogP contribution in [0.15, 0.2) is 30.3 Å². The van der Waals surface area contributed by atoms with Crippen LogP contribution in [0.4, 0.5) is 0 Å². The molecule has 2 N–H and O–H groups in total. The van der Waals surface area contributed by atoms with Crippen molar-refractivity contribution in [2.75, 3.05) is 13.1 Å². The van der Waals surface area contributed by atoms with Crippen molar-refractivity contribution in [3.63, 3.8) is 0 Å². The van der Waals surface area contributed by atoms with E-state index in [0.29, 0.717) is 12.6 Å². The summed E-state index contributed by atoms with van der Waals surface area (Å²) in [5.74, 6) is 0.0969. The first-order valence-corrected chi connectivity index (χ1v) is 8.54. The highest BCUT2D eigenvalue weighted by Gasteiger charge is 2.23. The average molecular weight is 313 g/mol. The summed E-state index contributed by atoms with van der Waals surface area (Å²) in [5, 5.41) is 7.79. The lowest BCUT2D eigenvalue weighted by Crippen LogP contribution is -2.35. The van der Waals surface area contributed by atoms with Gasteiger partial charge < -0.3 is 15.2 Å². The Morgan fingerprint density at radius 2 is 1.96 bits per heavy atom. The van der Waals surface area contributed by atoms with Crippen LogP contribution in [0.3, 0.4) is 0 Å². The monoisotopic (exact) mass is 313 g/mol. The molecule has 1 aliphatic rings. The number of aromatic nitrogens is 1.